The minimum absolute atomic E-state index is 0.798. The van der Waals surface area contributed by atoms with E-state index in [0.717, 1.165) is 205 Å². The third kappa shape index (κ3) is 33.9. The first-order valence-corrected chi connectivity index (χ1v) is 45.8. The molecule has 16 aromatic carbocycles. The van der Waals surface area contributed by atoms with E-state index >= 15 is 0 Å². The molecular weight excluding hydrogens is 1650 g/mol. The first kappa shape index (κ1) is 103. The lowest BCUT2D eigenvalue weighted by Gasteiger charge is -2.11. The smallest absolute Gasteiger partial charge is 0.0373 e. The van der Waals surface area contributed by atoms with Crippen LogP contribution >= 0.6 is 0 Å². The molecule has 16 heteroatoms. The van der Waals surface area contributed by atoms with Crippen molar-refractivity contribution in [2.24, 2.45) is 0 Å². The van der Waals surface area contributed by atoms with Gasteiger partial charge in [0.1, 0.15) is 0 Å². The first-order chi connectivity index (χ1) is 64.2. The van der Waals surface area contributed by atoms with Crippen molar-refractivity contribution in [3.63, 3.8) is 0 Å². The fraction of sp³-hybridized carbons (Fsp3) is 0.193. The third-order valence-corrected chi connectivity index (χ3v) is 24.1. The molecular formula is C119H142N16. The molecule has 16 nitrogen and oxygen atoms in total. The third-order valence-electron chi connectivity index (χ3n) is 24.1. The topological polar surface area (TPSA) is 416 Å². The van der Waals surface area contributed by atoms with E-state index in [2.05, 4.69) is 171 Å². The maximum absolute atomic E-state index is 6.00. The van der Waals surface area contributed by atoms with Crippen molar-refractivity contribution < 1.29 is 0 Å². The zero-order chi connectivity index (χ0) is 98.1. The highest BCUT2D eigenvalue weighted by Crippen LogP contribution is 2.29. The maximum atomic E-state index is 6.00. The summed E-state index contributed by atoms with van der Waals surface area (Å²) in [6.45, 7) is 26.8. The van der Waals surface area contributed by atoms with Gasteiger partial charge < -0.3 is 91.7 Å². The lowest BCUT2D eigenvalue weighted by atomic mass is 9.96. The summed E-state index contributed by atoms with van der Waals surface area (Å²) in [6, 6.07) is 104. The SMILES string of the molecule is Cc1cc(CCc2ccc(N)c(C)c2)ccc1N.Cc1cc(Cc2cc(C)c(N)c(C)c2)cc(C)c1N.Cc1cc(Cc2ccc(N)c(C)c2)ccc1N.Cc1cc(N)ccc1CCc1ccc(N)cc1C.Cc1cc(N)ccc1Cc1ccc(N)cc1C.Cc1ccc(Cc2ccc(N)cc2)cc1N.Nc1ccc(Cc2ccc(N)cc2)cc1.Nc1ccc(Cc2cccc(N)c2)cc1. The van der Waals surface area contributed by atoms with Gasteiger partial charge >= 0.3 is 0 Å². The van der Waals surface area contributed by atoms with Gasteiger partial charge in [0.15, 0.2) is 0 Å². The molecule has 698 valence electrons. The summed E-state index contributed by atoms with van der Waals surface area (Å²) < 4.78 is 0. The molecule has 0 aliphatic rings. The molecule has 0 aromatic heterocycles. The minimum atomic E-state index is 0.798. The molecule has 0 spiro atoms. The molecule has 0 fully saturated rings. The average Bonchev–Trinajstić information content (AvgIpc) is 0.828. The van der Waals surface area contributed by atoms with Crippen LogP contribution in [0.4, 0.5) is 91.0 Å². The monoisotopic (exact) mass is 1800 g/mol. The van der Waals surface area contributed by atoms with E-state index in [0.29, 0.717) is 0 Å². The highest BCUT2D eigenvalue weighted by atomic mass is 14.6. The molecule has 0 unspecified atom stereocenters. The molecule has 32 N–H and O–H groups in total. The van der Waals surface area contributed by atoms with Gasteiger partial charge in [-0.15, -0.1) is 0 Å². The van der Waals surface area contributed by atoms with Crippen molar-refractivity contribution >= 4 is 91.0 Å². The van der Waals surface area contributed by atoms with Crippen LogP contribution in [0.15, 0.2) is 309 Å². The number of anilines is 16. The van der Waals surface area contributed by atoms with Crippen LogP contribution in [-0.4, -0.2) is 0 Å². The Hall–Kier alpha value is -15.7. The van der Waals surface area contributed by atoms with Crippen LogP contribution in [0.3, 0.4) is 0 Å². The molecule has 0 bridgehead atoms. The van der Waals surface area contributed by atoms with Crippen molar-refractivity contribution in [3.05, 3.63) is 471 Å². The van der Waals surface area contributed by atoms with Crippen molar-refractivity contribution in [1.29, 1.82) is 0 Å². The van der Waals surface area contributed by atoms with Crippen LogP contribution in [0.25, 0.3) is 0 Å². The Bertz CT molecular complexity index is 6230. The second-order valence-electron chi connectivity index (χ2n) is 35.8. The summed E-state index contributed by atoms with van der Waals surface area (Å²) in [7, 11) is 0. The Morgan fingerprint density at radius 3 is 0.659 bits per heavy atom. The number of aryl methyl sites for hydroxylation is 17. The summed E-state index contributed by atoms with van der Waals surface area (Å²) in [4.78, 5) is 0. The van der Waals surface area contributed by atoms with Gasteiger partial charge in [-0.3, -0.25) is 0 Å². The number of nitrogens with two attached hydrogens (primary N) is 16. The highest BCUT2D eigenvalue weighted by molar-refractivity contribution is 5.61. The Balaban J connectivity index is 0.000000173. The van der Waals surface area contributed by atoms with Gasteiger partial charge in [-0.25, -0.2) is 0 Å². The number of hydrogen-bond acceptors (Lipinski definition) is 16. The Labute approximate surface area is 802 Å². The molecule has 0 radical (unpaired) electrons. The minimum Gasteiger partial charge on any atom is -0.399 e. The Morgan fingerprint density at radius 1 is 0.133 bits per heavy atom. The maximum Gasteiger partial charge on any atom is 0.0373 e. The fourth-order valence-corrected chi connectivity index (χ4v) is 15.6. The van der Waals surface area contributed by atoms with E-state index in [1.165, 1.54) is 111 Å². The lowest BCUT2D eigenvalue weighted by Crippen LogP contribution is -1.99. The number of benzene rings is 16. The zero-order valence-corrected chi connectivity index (χ0v) is 81.3. The first-order valence-electron chi connectivity index (χ1n) is 45.8. The van der Waals surface area contributed by atoms with Crippen LogP contribution in [-0.2, 0) is 64.2 Å². The average molecular weight is 1800 g/mol. The molecule has 0 atom stereocenters. The van der Waals surface area contributed by atoms with Gasteiger partial charge in [-0.2, -0.15) is 0 Å². The highest BCUT2D eigenvalue weighted by Gasteiger charge is 2.12. The lowest BCUT2D eigenvalue weighted by molar-refractivity contribution is 0.940. The molecule has 0 saturated carbocycles. The van der Waals surface area contributed by atoms with E-state index in [1.54, 1.807) is 0 Å². The predicted octanol–water partition coefficient (Wildman–Crippen LogP) is 23.9. The second-order valence-corrected chi connectivity index (χ2v) is 35.8. The quantitative estimate of drug-likeness (QED) is 0.0355. The molecule has 0 amide bonds. The molecule has 0 aliphatic carbocycles. The molecule has 16 aromatic rings. The molecule has 0 heterocycles. The normalized spacial score (nSPS) is 10.4. The standard InChI is InChI=1S/C17H22N2.2C16H20N2.2C15H18N2.C14H16N2.2C13H14N2/c1-10-5-14(6-11(2)16(10)18)9-15-7-12(3)17(19)13(4)8-15;1-11-9-15(17)7-5-13(11)3-4-14-6-8-16(18)10-12(14)2;1-11-9-13(5-7-15(11)17)3-4-14-6-8-16(18)12(2)10-14;1-10-7-14(16)5-3-12(10)9-13-4-6-15(17)8-11(13)2;1-10-7-12(3-5-14(10)16)9-13-4-6-15(17)11(2)8-13;1-10-2-3-12(9-14(10)16)8-11-4-6-13(15)7-5-11;14-12-5-1-10(2-6-12)9-11-3-7-13(15)8-4-11;14-12-6-4-10(5-7-12)8-11-2-1-3-13(15)9-11/h5-8H,9,18-19H2,1-4H3;2*5-10H,3-4,17-18H2,1-2H3;2*3-8H,9,16-17H2,1-2H3;2-7,9H,8,15-16H2,1H3;1-8H,9,14-15H2;1-7,9H,8,14-15H2. The van der Waals surface area contributed by atoms with Crippen LogP contribution in [0, 0.1) is 90.0 Å². The summed E-state index contributed by atoms with van der Waals surface area (Å²) >= 11 is 0. The molecule has 16 rings (SSSR count). The van der Waals surface area contributed by atoms with Gasteiger partial charge in [-0.05, 0) is 455 Å². The van der Waals surface area contributed by atoms with Crippen LogP contribution in [0.1, 0.15) is 161 Å². The number of hydrogen-bond donors (Lipinski definition) is 16. The number of rotatable bonds is 18. The predicted molar refractivity (Wildman–Crippen MR) is 587 cm³/mol. The van der Waals surface area contributed by atoms with Crippen molar-refractivity contribution in [2.75, 3.05) is 91.7 Å². The van der Waals surface area contributed by atoms with Gasteiger partial charge in [0.2, 0.25) is 0 Å². The van der Waals surface area contributed by atoms with Crippen molar-refractivity contribution in [1.82, 2.24) is 0 Å². The summed E-state index contributed by atoms with van der Waals surface area (Å²) in [5.41, 5.74) is 142. The van der Waals surface area contributed by atoms with Gasteiger partial charge in [0.05, 0.1) is 0 Å². The summed E-state index contributed by atoms with van der Waals surface area (Å²) in [5.74, 6) is 0. The second kappa shape index (κ2) is 50.1. The van der Waals surface area contributed by atoms with E-state index in [1.807, 2.05) is 229 Å². The van der Waals surface area contributed by atoms with Crippen LogP contribution in [0.2, 0.25) is 0 Å². The van der Waals surface area contributed by atoms with E-state index in [4.69, 9.17) is 91.7 Å². The van der Waals surface area contributed by atoms with Crippen LogP contribution in [0.5, 0.6) is 0 Å². The Kier molecular flexibility index (Phi) is 38.2. The molecule has 135 heavy (non-hydrogen) atoms. The van der Waals surface area contributed by atoms with Gasteiger partial charge in [0.25, 0.3) is 0 Å². The van der Waals surface area contributed by atoms with Crippen LogP contribution < -0.4 is 91.7 Å². The Morgan fingerprint density at radius 2 is 0.363 bits per heavy atom. The van der Waals surface area contributed by atoms with Crippen molar-refractivity contribution in [2.45, 2.75) is 154 Å². The summed E-state index contributed by atoms with van der Waals surface area (Å²) in [6.07, 6.45) is 9.61. The van der Waals surface area contributed by atoms with E-state index in [-0.39, 0.29) is 0 Å². The largest absolute Gasteiger partial charge is 0.399 e. The number of nitrogen functional groups attached to an aromatic ring is 16. The fourth-order valence-electron chi connectivity index (χ4n) is 15.6. The molecule has 0 aliphatic heterocycles. The van der Waals surface area contributed by atoms with Gasteiger partial charge in [0, 0.05) is 91.0 Å². The summed E-state index contributed by atoms with van der Waals surface area (Å²) in [5, 5.41) is 0. The zero-order valence-electron chi connectivity index (χ0n) is 81.3. The van der Waals surface area contributed by atoms with Crippen molar-refractivity contribution in [3.8, 4) is 0 Å². The van der Waals surface area contributed by atoms with E-state index in [9.17, 15) is 0 Å². The van der Waals surface area contributed by atoms with Gasteiger partial charge in [-0.1, -0.05) is 170 Å². The van der Waals surface area contributed by atoms with E-state index < -0.39 is 0 Å². The molecule has 0 saturated heterocycles.